The molecule has 21 heavy (non-hydrogen) atoms. The van der Waals surface area contributed by atoms with E-state index < -0.39 is 0 Å². The molecule has 0 amide bonds. The van der Waals surface area contributed by atoms with E-state index in [-0.39, 0.29) is 5.56 Å². The smallest absolute Gasteiger partial charge is 0.280 e. The summed E-state index contributed by atoms with van der Waals surface area (Å²) in [6.07, 6.45) is 8.90. The lowest BCUT2D eigenvalue weighted by atomic mass is 9.89. The predicted molar refractivity (Wildman–Crippen MR) is 80.5 cm³/mol. The van der Waals surface area contributed by atoms with Crippen molar-refractivity contribution >= 4 is 0 Å². The van der Waals surface area contributed by atoms with Crippen molar-refractivity contribution in [1.82, 2.24) is 10.1 Å². The fourth-order valence-corrected chi connectivity index (χ4v) is 3.60. The Hall–Kier alpha value is -1.07. The fraction of sp³-hybridized carbons (Fsp3) is 0.812. The number of piperidine rings is 1. The van der Waals surface area contributed by atoms with Gasteiger partial charge in [-0.2, -0.15) is 5.16 Å². The van der Waals surface area contributed by atoms with Crippen LogP contribution in [0.3, 0.4) is 0 Å². The van der Waals surface area contributed by atoms with Gasteiger partial charge in [0.15, 0.2) is 0 Å². The van der Waals surface area contributed by atoms with Gasteiger partial charge in [0.2, 0.25) is 0 Å². The summed E-state index contributed by atoms with van der Waals surface area (Å²) >= 11 is 0. The van der Waals surface area contributed by atoms with Crippen LogP contribution in [0.2, 0.25) is 0 Å². The first-order valence-corrected chi connectivity index (χ1v) is 8.22. The van der Waals surface area contributed by atoms with Gasteiger partial charge in [0.1, 0.15) is 5.76 Å². The second kappa shape index (κ2) is 6.79. The summed E-state index contributed by atoms with van der Waals surface area (Å²) in [6.45, 7) is 1.82. The van der Waals surface area contributed by atoms with E-state index in [0.717, 1.165) is 31.8 Å². The molecule has 2 atom stereocenters. The maximum atomic E-state index is 11.2. The standard InChI is InChI=1S/C16H26N2O3/c1-18-8-7-12(15-10-16(19)17-21-15)9-13(18)11-20-14-5-3-2-4-6-14/h10,12-14H,2-9,11H2,1H3,(H,17,19)/t12-,13+/m1/s1. The monoisotopic (exact) mass is 294 g/mol. The van der Waals surface area contributed by atoms with Crippen LogP contribution in [-0.2, 0) is 4.74 Å². The van der Waals surface area contributed by atoms with Gasteiger partial charge in [0, 0.05) is 18.0 Å². The molecule has 2 aliphatic rings. The average molecular weight is 294 g/mol. The zero-order chi connectivity index (χ0) is 14.7. The Labute approximate surface area is 125 Å². The summed E-state index contributed by atoms with van der Waals surface area (Å²) in [7, 11) is 2.17. The molecule has 5 heteroatoms. The highest BCUT2D eigenvalue weighted by Crippen LogP contribution is 2.31. The number of H-pyrrole nitrogens is 1. The number of ether oxygens (including phenoxy) is 1. The van der Waals surface area contributed by atoms with E-state index in [2.05, 4.69) is 17.1 Å². The highest BCUT2D eigenvalue weighted by molar-refractivity contribution is 5.05. The van der Waals surface area contributed by atoms with Crippen LogP contribution >= 0.6 is 0 Å². The lowest BCUT2D eigenvalue weighted by Crippen LogP contribution is -2.42. The molecule has 1 aliphatic carbocycles. The topological polar surface area (TPSA) is 58.5 Å². The highest BCUT2D eigenvalue weighted by Gasteiger charge is 2.30. The Morgan fingerprint density at radius 1 is 1.33 bits per heavy atom. The summed E-state index contributed by atoms with van der Waals surface area (Å²) < 4.78 is 11.4. The molecule has 3 rings (SSSR count). The fourth-order valence-electron chi connectivity index (χ4n) is 3.60. The molecular formula is C16H26N2O3. The van der Waals surface area contributed by atoms with E-state index in [1.54, 1.807) is 6.07 Å². The number of hydrogen-bond donors (Lipinski definition) is 1. The number of aromatic amines is 1. The van der Waals surface area contributed by atoms with Gasteiger partial charge in [-0.05, 0) is 39.3 Å². The van der Waals surface area contributed by atoms with Gasteiger partial charge in [-0.3, -0.25) is 4.79 Å². The van der Waals surface area contributed by atoms with E-state index in [0.29, 0.717) is 18.1 Å². The second-order valence-electron chi connectivity index (χ2n) is 6.56. The number of aromatic nitrogens is 1. The minimum Gasteiger partial charge on any atom is -0.383 e. The summed E-state index contributed by atoms with van der Waals surface area (Å²) in [6, 6.07) is 2.01. The number of likely N-dealkylation sites (N-methyl/N-ethyl adjacent to an activating group) is 1. The molecule has 1 N–H and O–H groups in total. The van der Waals surface area contributed by atoms with Crippen molar-refractivity contribution in [2.45, 2.75) is 63.0 Å². The Bertz CT molecular complexity index is 490. The molecule has 5 nitrogen and oxygen atoms in total. The van der Waals surface area contributed by atoms with Crippen molar-refractivity contribution < 1.29 is 9.26 Å². The lowest BCUT2D eigenvalue weighted by Gasteiger charge is -2.37. The van der Waals surface area contributed by atoms with Crippen LogP contribution in [0.4, 0.5) is 0 Å². The quantitative estimate of drug-likeness (QED) is 0.927. The first-order valence-electron chi connectivity index (χ1n) is 8.22. The predicted octanol–water partition coefficient (Wildman–Crippen LogP) is 2.50. The van der Waals surface area contributed by atoms with E-state index in [4.69, 9.17) is 9.26 Å². The minimum absolute atomic E-state index is 0.140. The Balaban J connectivity index is 1.54. The van der Waals surface area contributed by atoms with Crippen molar-refractivity contribution in [3.63, 3.8) is 0 Å². The third kappa shape index (κ3) is 3.77. The van der Waals surface area contributed by atoms with Gasteiger partial charge in [-0.25, -0.2) is 0 Å². The van der Waals surface area contributed by atoms with Crippen LogP contribution in [0.25, 0.3) is 0 Å². The molecule has 0 spiro atoms. The van der Waals surface area contributed by atoms with E-state index >= 15 is 0 Å². The van der Waals surface area contributed by atoms with Crippen molar-refractivity contribution in [3.05, 3.63) is 22.2 Å². The summed E-state index contributed by atoms with van der Waals surface area (Å²) in [5.74, 6) is 1.14. The number of nitrogens with zero attached hydrogens (tertiary/aromatic N) is 1. The average Bonchev–Trinajstić information content (AvgIpc) is 2.94. The molecular weight excluding hydrogens is 268 g/mol. The number of hydrogen-bond acceptors (Lipinski definition) is 4. The summed E-state index contributed by atoms with van der Waals surface area (Å²) in [5, 5.41) is 2.40. The van der Waals surface area contributed by atoms with Crippen LogP contribution in [0.15, 0.2) is 15.4 Å². The van der Waals surface area contributed by atoms with Crippen LogP contribution in [0.1, 0.15) is 56.6 Å². The number of rotatable bonds is 4. The van der Waals surface area contributed by atoms with E-state index in [1.807, 2.05) is 0 Å². The van der Waals surface area contributed by atoms with E-state index in [1.165, 1.54) is 32.1 Å². The largest absolute Gasteiger partial charge is 0.383 e. The third-order valence-corrected chi connectivity index (χ3v) is 5.03. The molecule has 1 aromatic rings. The van der Waals surface area contributed by atoms with Crippen LogP contribution in [0, 0.1) is 0 Å². The molecule has 118 valence electrons. The lowest BCUT2D eigenvalue weighted by molar-refractivity contribution is -0.0156. The number of nitrogens with one attached hydrogen (secondary N) is 1. The molecule has 1 aromatic heterocycles. The molecule has 1 aliphatic heterocycles. The normalized spacial score (nSPS) is 28.8. The van der Waals surface area contributed by atoms with Crippen molar-refractivity contribution in [2.75, 3.05) is 20.2 Å². The van der Waals surface area contributed by atoms with Crippen molar-refractivity contribution in [3.8, 4) is 0 Å². The van der Waals surface area contributed by atoms with Gasteiger partial charge >= 0.3 is 0 Å². The highest BCUT2D eigenvalue weighted by atomic mass is 16.5. The number of likely N-dealkylation sites (tertiary alicyclic amines) is 1. The molecule has 1 saturated carbocycles. The van der Waals surface area contributed by atoms with Gasteiger partial charge in [-0.1, -0.05) is 19.3 Å². The second-order valence-corrected chi connectivity index (χ2v) is 6.56. The molecule has 0 unspecified atom stereocenters. The van der Waals surface area contributed by atoms with Gasteiger partial charge in [-0.15, -0.1) is 0 Å². The van der Waals surface area contributed by atoms with Crippen LogP contribution in [-0.4, -0.2) is 42.4 Å². The maximum absolute atomic E-state index is 11.2. The Morgan fingerprint density at radius 2 is 2.14 bits per heavy atom. The summed E-state index contributed by atoms with van der Waals surface area (Å²) in [5.41, 5.74) is -0.140. The minimum atomic E-state index is -0.140. The van der Waals surface area contributed by atoms with Crippen LogP contribution < -0.4 is 5.56 Å². The first kappa shape index (κ1) is 14.9. The molecule has 0 aromatic carbocycles. The molecule has 1 saturated heterocycles. The maximum Gasteiger partial charge on any atom is 0.280 e. The molecule has 0 bridgehead atoms. The Kier molecular flexibility index (Phi) is 4.80. The van der Waals surface area contributed by atoms with Gasteiger partial charge in [0.25, 0.3) is 5.56 Å². The molecule has 0 radical (unpaired) electrons. The molecule has 2 heterocycles. The van der Waals surface area contributed by atoms with Gasteiger partial charge in [0.05, 0.1) is 12.7 Å². The van der Waals surface area contributed by atoms with Crippen molar-refractivity contribution in [1.29, 1.82) is 0 Å². The van der Waals surface area contributed by atoms with E-state index in [9.17, 15) is 4.79 Å². The first-order chi connectivity index (χ1) is 10.2. The third-order valence-electron chi connectivity index (χ3n) is 5.03. The van der Waals surface area contributed by atoms with Crippen molar-refractivity contribution in [2.24, 2.45) is 0 Å². The SMILES string of the molecule is CN1CC[C@@H](c2cc(=O)[nH]o2)C[C@H]1COC1CCCCC1. The van der Waals surface area contributed by atoms with Gasteiger partial charge < -0.3 is 14.2 Å². The van der Waals surface area contributed by atoms with Crippen LogP contribution in [0.5, 0.6) is 0 Å². The molecule has 2 fully saturated rings. The summed E-state index contributed by atoms with van der Waals surface area (Å²) in [4.78, 5) is 13.6. The zero-order valence-electron chi connectivity index (χ0n) is 12.8. The Morgan fingerprint density at radius 3 is 2.86 bits per heavy atom. The zero-order valence-corrected chi connectivity index (χ0v) is 12.8.